The van der Waals surface area contributed by atoms with Gasteiger partial charge >= 0.3 is 0 Å². The standard InChI is InChI=1S/C18H22N2O3/c1-12-7-9-19(10-8-12)16-11-17(22)20(18(16)23)15-5-3-14(4-6-15)13(2)21/h3-6,12,16H,7-11H2,1-2H3/p+1/t16-/m0/s1. The monoisotopic (exact) mass is 315 g/mol. The van der Waals surface area contributed by atoms with Crippen LogP contribution >= 0.6 is 0 Å². The number of carbonyl (C=O) groups is 3. The van der Waals surface area contributed by atoms with E-state index in [-0.39, 0.29) is 30.1 Å². The van der Waals surface area contributed by atoms with Crippen molar-refractivity contribution in [1.82, 2.24) is 0 Å². The van der Waals surface area contributed by atoms with E-state index in [0.29, 0.717) is 17.2 Å². The Bertz CT molecular complexity index is 630. The van der Waals surface area contributed by atoms with Gasteiger partial charge in [0.25, 0.3) is 5.91 Å². The Hall–Kier alpha value is -2.01. The van der Waals surface area contributed by atoms with E-state index in [1.807, 2.05) is 0 Å². The summed E-state index contributed by atoms with van der Waals surface area (Å²) < 4.78 is 0. The average Bonchev–Trinajstić information content (AvgIpc) is 2.83. The van der Waals surface area contributed by atoms with Crippen molar-refractivity contribution in [3.8, 4) is 0 Å². The minimum Gasteiger partial charge on any atom is -0.324 e. The molecule has 5 heteroatoms. The lowest BCUT2D eigenvalue weighted by Crippen LogP contribution is -3.17. The number of benzene rings is 1. The third-order valence-electron chi connectivity index (χ3n) is 5.09. The van der Waals surface area contributed by atoms with Crippen molar-refractivity contribution in [3.05, 3.63) is 29.8 Å². The van der Waals surface area contributed by atoms with Gasteiger partial charge in [-0.3, -0.25) is 14.4 Å². The molecule has 0 aromatic heterocycles. The van der Waals surface area contributed by atoms with Crippen LogP contribution in [0.1, 0.15) is 43.5 Å². The van der Waals surface area contributed by atoms with Crippen molar-refractivity contribution in [2.75, 3.05) is 18.0 Å². The van der Waals surface area contributed by atoms with Crippen LogP contribution in [0.2, 0.25) is 0 Å². The molecule has 2 fully saturated rings. The molecule has 3 rings (SSSR count). The smallest absolute Gasteiger partial charge is 0.292 e. The fourth-order valence-corrected chi connectivity index (χ4v) is 3.55. The first-order valence-electron chi connectivity index (χ1n) is 8.29. The van der Waals surface area contributed by atoms with Gasteiger partial charge in [-0.25, -0.2) is 4.90 Å². The normalized spacial score (nSPS) is 28.3. The molecule has 2 aliphatic rings. The highest BCUT2D eigenvalue weighted by Crippen LogP contribution is 2.23. The molecule has 0 aliphatic carbocycles. The van der Waals surface area contributed by atoms with Crippen molar-refractivity contribution >= 4 is 23.3 Å². The summed E-state index contributed by atoms with van der Waals surface area (Å²) in [6.07, 6.45) is 2.51. The lowest BCUT2D eigenvalue weighted by Gasteiger charge is -2.30. The quantitative estimate of drug-likeness (QED) is 0.664. The molecule has 1 aromatic rings. The zero-order valence-electron chi connectivity index (χ0n) is 13.7. The predicted octanol–water partition coefficient (Wildman–Crippen LogP) is 0.836. The van der Waals surface area contributed by atoms with E-state index in [1.54, 1.807) is 24.3 Å². The first kappa shape index (κ1) is 15.9. The van der Waals surface area contributed by atoms with E-state index < -0.39 is 0 Å². The van der Waals surface area contributed by atoms with Crippen LogP contribution in [-0.2, 0) is 9.59 Å². The van der Waals surface area contributed by atoms with Crippen LogP contribution in [0, 0.1) is 5.92 Å². The Balaban J connectivity index is 1.77. The van der Waals surface area contributed by atoms with Gasteiger partial charge in [-0.2, -0.15) is 0 Å². The van der Waals surface area contributed by atoms with Crippen LogP contribution in [-0.4, -0.2) is 36.7 Å². The fourth-order valence-electron chi connectivity index (χ4n) is 3.55. The number of likely N-dealkylation sites (tertiary alicyclic amines) is 1. The summed E-state index contributed by atoms with van der Waals surface area (Å²) in [6.45, 7) is 5.66. The van der Waals surface area contributed by atoms with Crippen molar-refractivity contribution in [2.45, 2.75) is 39.2 Å². The third-order valence-corrected chi connectivity index (χ3v) is 5.09. The molecule has 1 N–H and O–H groups in total. The zero-order valence-corrected chi connectivity index (χ0v) is 13.7. The van der Waals surface area contributed by atoms with Gasteiger partial charge in [-0.05, 0) is 49.9 Å². The largest absolute Gasteiger partial charge is 0.324 e. The van der Waals surface area contributed by atoms with E-state index >= 15 is 0 Å². The SMILES string of the molecule is CC(=O)c1ccc(N2C(=O)C[C@H]([NH+]3CCC(C)CC3)C2=O)cc1. The summed E-state index contributed by atoms with van der Waals surface area (Å²) in [4.78, 5) is 39.0. The number of nitrogens with zero attached hydrogens (tertiary/aromatic N) is 1. The number of piperidine rings is 1. The predicted molar refractivity (Wildman–Crippen MR) is 86.4 cm³/mol. The van der Waals surface area contributed by atoms with Crippen molar-refractivity contribution in [3.63, 3.8) is 0 Å². The second-order valence-corrected chi connectivity index (χ2v) is 6.77. The molecular formula is C18H23N2O3+. The number of ketones is 1. The van der Waals surface area contributed by atoms with Gasteiger partial charge in [0.15, 0.2) is 11.8 Å². The Morgan fingerprint density at radius 3 is 2.30 bits per heavy atom. The van der Waals surface area contributed by atoms with E-state index in [4.69, 9.17) is 0 Å². The number of Topliss-reactive ketones (excluding diaryl/α,β-unsaturated/α-hetero) is 1. The van der Waals surface area contributed by atoms with Gasteiger partial charge < -0.3 is 4.90 Å². The van der Waals surface area contributed by atoms with Gasteiger partial charge in [-0.1, -0.05) is 6.92 Å². The molecule has 0 bridgehead atoms. The Labute approximate surface area is 136 Å². The molecule has 1 atom stereocenters. The number of hydrogen-bond acceptors (Lipinski definition) is 3. The second kappa shape index (κ2) is 6.24. The van der Waals surface area contributed by atoms with Gasteiger partial charge in [0.2, 0.25) is 5.91 Å². The summed E-state index contributed by atoms with van der Waals surface area (Å²) in [6, 6.07) is 6.45. The number of imide groups is 1. The molecule has 122 valence electrons. The highest BCUT2D eigenvalue weighted by Gasteiger charge is 2.46. The Kier molecular flexibility index (Phi) is 4.31. The van der Waals surface area contributed by atoms with Gasteiger partial charge in [-0.15, -0.1) is 0 Å². The summed E-state index contributed by atoms with van der Waals surface area (Å²) >= 11 is 0. The van der Waals surface area contributed by atoms with Gasteiger partial charge in [0.1, 0.15) is 0 Å². The highest BCUT2D eigenvalue weighted by atomic mass is 16.2. The molecule has 0 radical (unpaired) electrons. The van der Waals surface area contributed by atoms with Gasteiger partial charge in [0.05, 0.1) is 25.2 Å². The molecule has 2 saturated heterocycles. The molecule has 1 aromatic carbocycles. The van der Waals surface area contributed by atoms with E-state index in [9.17, 15) is 14.4 Å². The molecule has 0 saturated carbocycles. The molecule has 2 amide bonds. The molecule has 2 heterocycles. The number of carbonyl (C=O) groups excluding carboxylic acids is 3. The maximum atomic E-state index is 12.7. The Morgan fingerprint density at radius 2 is 1.74 bits per heavy atom. The van der Waals surface area contributed by atoms with Crippen LogP contribution < -0.4 is 9.80 Å². The van der Waals surface area contributed by atoms with Crippen molar-refractivity contribution in [2.24, 2.45) is 5.92 Å². The maximum Gasteiger partial charge on any atom is 0.292 e. The number of anilines is 1. The topological polar surface area (TPSA) is 58.9 Å². The molecule has 5 nitrogen and oxygen atoms in total. The third kappa shape index (κ3) is 3.06. The lowest BCUT2D eigenvalue weighted by atomic mass is 9.97. The highest BCUT2D eigenvalue weighted by molar-refractivity contribution is 6.22. The van der Waals surface area contributed by atoms with Crippen LogP contribution in [0.25, 0.3) is 0 Å². The van der Waals surface area contributed by atoms with Crippen LogP contribution in [0.4, 0.5) is 5.69 Å². The molecule has 23 heavy (non-hydrogen) atoms. The Morgan fingerprint density at radius 1 is 1.13 bits per heavy atom. The minimum absolute atomic E-state index is 0.0274. The first-order valence-corrected chi connectivity index (χ1v) is 8.29. The van der Waals surface area contributed by atoms with E-state index in [0.717, 1.165) is 25.9 Å². The minimum atomic E-state index is -0.248. The number of rotatable bonds is 3. The number of hydrogen-bond donors (Lipinski definition) is 1. The molecule has 2 aliphatic heterocycles. The number of quaternary nitrogens is 1. The van der Waals surface area contributed by atoms with E-state index in [2.05, 4.69) is 6.92 Å². The lowest BCUT2D eigenvalue weighted by molar-refractivity contribution is -0.920. The van der Waals surface area contributed by atoms with Crippen LogP contribution in [0.15, 0.2) is 24.3 Å². The summed E-state index contributed by atoms with van der Waals surface area (Å²) in [5, 5.41) is 0. The van der Waals surface area contributed by atoms with Crippen molar-refractivity contribution < 1.29 is 19.3 Å². The molecule has 0 unspecified atom stereocenters. The summed E-state index contributed by atoms with van der Waals surface area (Å²) in [5.74, 6) is 0.443. The first-order chi connectivity index (χ1) is 11.0. The number of amides is 2. The summed E-state index contributed by atoms with van der Waals surface area (Å²) in [7, 11) is 0. The van der Waals surface area contributed by atoms with E-state index in [1.165, 1.54) is 16.7 Å². The second-order valence-electron chi connectivity index (χ2n) is 6.77. The zero-order chi connectivity index (χ0) is 16.6. The molecular weight excluding hydrogens is 292 g/mol. The summed E-state index contributed by atoms with van der Waals surface area (Å²) in [5.41, 5.74) is 1.15. The van der Waals surface area contributed by atoms with Crippen LogP contribution in [0.5, 0.6) is 0 Å². The number of nitrogens with one attached hydrogen (secondary N) is 1. The van der Waals surface area contributed by atoms with Crippen molar-refractivity contribution in [1.29, 1.82) is 0 Å². The van der Waals surface area contributed by atoms with Crippen LogP contribution in [0.3, 0.4) is 0 Å². The molecule has 0 spiro atoms. The van der Waals surface area contributed by atoms with Gasteiger partial charge in [0, 0.05) is 5.56 Å². The maximum absolute atomic E-state index is 12.7. The fraction of sp³-hybridized carbons (Fsp3) is 0.500. The average molecular weight is 315 g/mol.